The predicted octanol–water partition coefficient (Wildman–Crippen LogP) is -5.47. The Morgan fingerprint density at radius 2 is 0.923 bits per heavy atom. The standard InChI is InChI=1S/C6H2O6.K.H/c7-1-2(8)4(10)6(12)5(11)3(1)9;;/h7-8H;;/q;+1;-1. The van der Waals surface area contributed by atoms with Crippen LogP contribution < -0.4 is 73.1 Å². The van der Waals surface area contributed by atoms with Gasteiger partial charge in [-0.2, -0.15) is 0 Å². The Morgan fingerprint density at radius 1 is 0.692 bits per heavy atom. The molecule has 0 heterocycles. The summed E-state index contributed by atoms with van der Waals surface area (Å²) in [6.45, 7) is 0. The van der Waals surface area contributed by atoms with E-state index in [1.807, 2.05) is 0 Å². The van der Waals surface area contributed by atoms with Crippen LogP contribution in [0.2, 0.25) is 0 Å². The molecule has 0 aliphatic heterocycles. The summed E-state index contributed by atoms with van der Waals surface area (Å²) in [4.78, 5) is 41.9. The fraction of sp³-hybridized carbons (Fsp3) is 0. The molecule has 1 aromatic carbocycles. The molecule has 0 aromatic heterocycles. The van der Waals surface area contributed by atoms with Crippen LogP contribution in [0.3, 0.4) is 0 Å². The number of benzene rings is 1. The van der Waals surface area contributed by atoms with Crippen molar-refractivity contribution in [1.82, 2.24) is 0 Å². The molecular weight excluding hydrogens is 207 g/mol. The molecule has 1 aromatic rings. The van der Waals surface area contributed by atoms with Gasteiger partial charge in [0.2, 0.25) is 11.5 Å². The molecule has 7 heteroatoms. The van der Waals surface area contributed by atoms with Crippen LogP contribution in [0.5, 0.6) is 11.5 Å². The summed E-state index contributed by atoms with van der Waals surface area (Å²) in [5, 5.41) is 17.2. The molecule has 0 fully saturated rings. The summed E-state index contributed by atoms with van der Waals surface area (Å²) in [5.41, 5.74) is -6.38. The molecule has 0 bridgehead atoms. The molecule has 0 amide bonds. The Labute approximate surface area is 114 Å². The molecule has 0 unspecified atom stereocenters. The van der Waals surface area contributed by atoms with Gasteiger partial charge in [-0.05, 0) is 0 Å². The predicted molar refractivity (Wildman–Crippen MR) is 38.3 cm³/mol. The molecule has 6 nitrogen and oxygen atoms in total. The Kier molecular flexibility index (Phi) is 4.13. The second kappa shape index (κ2) is 4.25. The zero-order valence-electron chi connectivity index (χ0n) is 7.53. The maximum absolute atomic E-state index is 10.5. The normalized spacial score (nSPS) is 9.23. The van der Waals surface area contributed by atoms with Gasteiger partial charge in [-0.15, -0.1) is 0 Å². The Morgan fingerprint density at radius 3 is 1.15 bits per heavy atom. The topological polar surface area (TPSA) is 109 Å². The minimum absolute atomic E-state index is 0. The molecule has 0 saturated carbocycles. The molecule has 0 atom stereocenters. The van der Waals surface area contributed by atoms with Crippen LogP contribution in [-0.4, -0.2) is 10.2 Å². The SMILES string of the molecule is O=c1c(O)c(O)c(=O)c(=O)c1=O.[H-].[K+]. The molecule has 0 saturated heterocycles. The minimum Gasteiger partial charge on any atom is -1.00 e. The van der Waals surface area contributed by atoms with Gasteiger partial charge in [0.15, 0.2) is 0 Å². The molecule has 1 rings (SSSR count). The molecule has 0 spiro atoms. The minimum atomic E-state index is -1.63. The Bertz CT molecular complexity index is 480. The third-order valence-corrected chi connectivity index (χ3v) is 1.27. The van der Waals surface area contributed by atoms with Crippen LogP contribution in [0.4, 0.5) is 0 Å². The average Bonchev–Trinajstić information content (AvgIpc) is 2.08. The van der Waals surface area contributed by atoms with Crippen LogP contribution in [0.15, 0.2) is 19.2 Å². The second-order valence-corrected chi connectivity index (χ2v) is 2.01. The van der Waals surface area contributed by atoms with Crippen molar-refractivity contribution in [2.75, 3.05) is 0 Å². The maximum atomic E-state index is 10.5. The second-order valence-electron chi connectivity index (χ2n) is 2.01. The van der Waals surface area contributed by atoms with Gasteiger partial charge in [0, 0.05) is 0 Å². The van der Waals surface area contributed by atoms with Gasteiger partial charge in [-0.25, -0.2) is 0 Å². The summed E-state index contributed by atoms with van der Waals surface area (Å²) >= 11 is 0. The van der Waals surface area contributed by atoms with Gasteiger partial charge in [-0.1, -0.05) is 0 Å². The van der Waals surface area contributed by atoms with Crippen molar-refractivity contribution < 1.29 is 63.0 Å². The van der Waals surface area contributed by atoms with Crippen molar-refractivity contribution in [2.45, 2.75) is 0 Å². The van der Waals surface area contributed by atoms with Gasteiger partial charge in [0.1, 0.15) is 0 Å². The summed E-state index contributed by atoms with van der Waals surface area (Å²) in [7, 11) is 0. The first-order valence-corrected chi connectivity index (χ1v) is 2.76. The van der Waals surface area contributed by atoms with Crippen molar-refractivity contribution in [2.24, 2.45) is 0 Å². The van der Waals surface area contributed by atoms with E-state index >= 15 is 0 Å². The van der Waals surface area contributed by atoms with Gasteiger partial charge >= 0.3 is 51.4 Å². The van der Waals surface area contributed by atoms with Crippen molar-refractivity contribution >= 4 is 0 Å². The van der Waals surface area contributed by atoms with Crippen LogP contribution in [0.25, 0.3) is 0 Å². The fourth-order valence-corrected chi connectivity index (χ4v) is 0.636. The Balaban J connectivity index is 0. The summed E-state index contributed by atoms with van der Waals surface area (Å²) in [5.74, 6) is -2.74. The van der Waals surface area contributed by atoms with E-state index in [0.29, 0.717) is 0 Å². The van der Waals surface area contributed by atoms with E-state index < -0.39 is 33.2 Å². The van der Waals surface area contributed by atoms with E-state index in [2.05, 4.69) is 0 Å². The van der Waals surface area contributed by atoms with Crippen molar-refractivity contribution in [3.8, 4) is 11.5 Å². The zero-order chi connectivity index (χ0) is 9.46. The molecule has 0 aliphatic carbocycles. The quantitative estimate of drug-likeness (QED) is 0.251. The third-order valence-electron chi connectivity index (χ3n) is 1.27. The van der Waals surface area contributed by atoms with Crippen LogP contribution in [0.1, 0.15) is 1.43 Å². The number of hydrogen-bond donors (Lipinski definition) is 2. The molecule has 13 heavy (non-hydrogen) atoms. The average molecular weight is 210 g/mol. The van der Waals surface area contributed by atoms with Gasteiger partial charge in [0.25, 0.3) is 21.7 Å². The molecule has 2 N–H and O–H groups in total. The molecule has 0 aliphatic rings. The molecule has 0 radical (unpaired) electrons. The number of aromatic hydroxyl groups is 2. The number of hydrogen-bond acceptors (Lipinski definition) is 6. The summed E-state index contributed by atoms with van der Waals surface area (Å²) in [6.07, 6.45) is 0. The largest absolute Gasteiger partial charge is 1.00 e. The summed E-state index contributed by atoms with van der Waals surface area (Å²) < 4.78 is 0. The number of rotatable bonds is 0. The van der Waals surface area contributed by atoms with Crippen molar-refractivity contribution in [3.63, 3.8) is 0 Å². The Hall–Kier alpha value is -0.344. The first kappa shape index (κ1) is 12.7. The number of phenolic OH excluding ortho intramolecular Hbond substituents is 2. The maximum Gasteiger partial charge on any atom is 1.00 e. The first-order chi connectivity index (χ1) is 5.46. The van der Waals surface area contributed by atoms with E-state index in [1.54, 1.807) is 0 Å². The van der Waals surface area contributed by atoms with Gasteiger partial charge < -0.3 is 11.6 Å². The van der Waals surface area contributed by atoms with Crippen LogP contribution in [0, 0.1) is 0 Å². The summed E-state index contributed by atoms with van der Waals surface area (Å²) in [6, 6.07) is 0. The van der Waals surface area contributed by atoms with Gasteiger partial charge in [0.05, 0.1) is 0 Å². The van der Waals surface area contributed by atoms with Crippen LogP contribution >= 0.6 is 0 Å². The van der Waals surface area contributed by atoms with E-state index in [9.17, 15) is 19.2 Å². The molecular formula is C6H3KO6. The fourth-order valence-electron chi connectivity index (χ4n) is 0.636. The smallest absolute Gasteiger partial charge is 1.00 e. The monoisotopic (exact) mass is 210 g/mol. The van der Waals surface area contributed by atoms with E-state index in [4.69, 9.17) is 10.2 Å². The van der Waals surface area contributed by atoms with Crippen LogP contribution in [-0.2, 0) is 0 Å². The zero-order valence-corrected chi connectivity index (χ0v) is 9.65. The molecule has 64 valence electrons. The van der Waals surface area contributed by atoms with Crippen molar-refractivity contribution in [1.29, 1.82) is 0 Å². The first-order valence-electron chi connectivity index (χ1n) is 2.76. The third kappa shape index (κ3) is 1.94. The van der Waals surface area contributed by atoms with Crippen molar-refractivity contribution in [3.05, 3.63) is 40.9 Å². The number of phenols is 2. The van der Waals surface area contributed by atoms with E-state index in [0.717, 1.165) is 0 Å². The van der Waals surface area contributed by atoms with E-state index in [1.165, 1.54) is 0 Å². The van der Waals surface area contributed by atoms with E-state index in [-0.39, 0.29) is 52.8 Å². The van der Waals surface area contributed by atoms with Gasteiger partial charge in [-0.3, -0.25) is 19.2 Å².